The normalized spacial score (nSPS) is 11.7. The van der Waals surface area contributed by atoms with E-state index in [1.54, 1.807) is 6.08 Å². The molecule has 0 aliphatic heterocycles. The van der Waals surface area contributed by atoms with Gasteiger partial charge in [-0.3, -0.25) is 0 Å². The molecule has 8 aromatic rings. The van der Waals surface area contributed by atoms with E-state index in [4.69, 9.17) is 19.4 Å². The lowest BCUT2D eigenvalue weighted by molar-refractivity contribution is 0.669. The Morgan fingerprint density at radius 3 is 2.00 bits per heavy atom. The van der Waals surface area contributed by atoms with Crippen LogP contribution < -0.4 is 0 Å². The molecular weight excluding hydrogens is 552 g/mol. The van der Waals surface area contributed by atoms with Gasteiger partial charge in [-0.05, 0) is 42.8 Å². The minimum atomic E-state index is 0.566. The van der Waals surface area contributed by atoms with E-state index >= 15 is 0 Å². The summed E-state index contributed by atoms with van der Waals surface area (Å²) in [5, 5.41) is 3.26. The lowest BCUT2D eigenvalue weighted by Gasteiger charge is -2.09. The first-order valence-electron chi connectivity index (χ1n) is 14.9. The molecule has 5 heteroatoms. The van der Waals surface area contributed by atoms with Crippen molar-refractivity contribution in [2.24, 2.45) is 0 Å². The molecule has 0 N–H and O–H groups in total. The van der Waals surface area contributed by atoms with E-state index in [9.17, 15) is 0 Å². The topological polar surface area (TPSA) is 56.7 Å². The smallest absolute Gasteiger partial charge is 0.167 e. The van der Waals surface area contributed by atoms with Crippen molar-refractivity contribution >= 4 is 38.9 Å². The Kier molecular flexibility index (Phi) is 6.42. The summed E-state index contributed by atoms with van der Waals surface area (Å²) in [6, 6.07) is 41.1. The van der Waals surface area contributed by atoms with Crippen LogP contribution in [0.15, 0.2) is 144 Å². The molecule has 5 aromatic carbocycles. The Hall–Kier alpha value is -6.07. The molecular formula is C40H28N4O. The molecule has 0 saturated carbocycles. The number of hydrogen-bond donors (Lipinski definition) is 0. The van der Waals surface area contributed by atoms with E-state index in [0.29, 0.717) is 17.5 Å². The van der Waals surface area contributed by atoms with Crippen LogP contribution in [0.5, 0.6) is 0 Å². The van der Waals surface area contributed by atoms with Crippen LogP contribution in [-0.4, -0.2) is 19.5 Å². The van der Waals surface area contributed by atoms with Crippen molar-refractivity contribution in [3.05, 3.63) is 151 Å². The Morgan fingerprint density at radius 2 is 1.29 bits per heavy atom. The second-order valence-corrected chi connectivity index (χ2v) is 11.0. The van der Waals surface area contributed by atoms with Crippen molar-refractivity contribution in [3.8, 4) is 39.9 Å². The van der Waals surface area contributed by atoms with E-state index < -0.39 is 0 Å². The number of benzene rings is 5. The highest BCUT2D eigenvalue weighted by Gasteiger charge is 2.19. The van der Waals surface area contributed by atoms with Gasteiger partial charge in [-0.25, -0.2) is 15.0 Å². The summed E-state index contributed by atoms with van der Waals surface area (Å²) >= 11 is 0. The quantitative estimate of drug-likeness (QED) is 0.184. The van der Waals surface area contributed by atoms with Gasteiger partial charge in [0.2, 0.25) is 0 Å². The molecule has 214 valence electrons. The van der Waals surface area contributed by atoms with Crippen LogP contribution in [-0.2, 0) is 0 Å². The van der Waals surface area contributed by atoms with Gasteiger partial charge in [0, 0.05) is 44.7 Å². The van der Waals surface area contributed by atoms with Crippen LogP contribution in [0.3, 0.4) is 0 Å². The fourth-order valence-electron chi connectivity index (χ4n) is 6.09. The number of aryl methyl sites for hydroxylation is 1. The second-order valence-electron chi connectivity index (χ2n) is 11.0. The number of nitrogens with zero attached hydrogens (tertiary/aromatic N) is 4. The lowest BCUT2D eigenvalue weighted by atomic mass is 10.1. The molecule has 0 aliphatic carbocycles. The predicted molar refractivity (Wildman–Crippen MR) is 184 cm³/mol. The van der Waals surface area contributed by atoms with E-state index in [1.807, 2.05) is 78.9 Å². The van der Waals surface area contributed by atoms with Gasteiger partial charge in [0.05, 0.1) is 11.1 Å². The van der Waals surface area contributed by atoms with Crippen molar-refractivity contribution in [1.82, 2.24) is 19.5 Å². The first-order chi connectivity index (χ1) is 22.2. The van der Waals surface area contributed by atoms with Gasteiger partial charge >= 0.3 is 0 Å². The number of rotatable bonds is 6. The first kappa shape index (κ1) is 26.5. The average Bonchev–Trinajstić information content (AvgIpc) is 3.62. The largest absolute Gasteiger partial charge is 0.455 e. The minimum absolute atomic E-state index is 0.566. The molecule has 0 bridgehead atoms. The van der Waals surface area contributed by atoms with Gasteiger partial charge in [-0.1, -0.05) is 110 Å². The zero-order valence-corrected chi connectivity index (χ0v) is 24.7. The summed E-state index contributed by atoms with van der Waals surface area (Å²) in [4.78, 5) is 14.8. The molecule has 0 fully saturated rings. The molecule has 0 amide bonds. The number of para-hydroxylation sites is 2. The third kappa shape index (κ3) is 4.53. The van der Waals surface area contributed by atoms with Gasteiger partial charge in [-0.2, -0.15) is 0 Å². The molecule has 8 rings (SSSR count). The zero-order valence-electron chi connectivity index (χ0n) is 24.7. The fraction of sp³-hybridized carbons (Fsp3) is 0.0250. The van der Waals surface area contributed by atoms with Crippen LogP contribution in [0.25, 0.3) is 78.8 Å². The van der Waals surface area contributed by atoms with Crippen LogP contribution in [0.4, 0.5) is 0 Å². The molecule has 0 aliphatic rings. The van der Waals surface area contributed by atoms with E-state index in [-0.39, 0.29) is 0 Å². The van der Waals surface area contributed by atoms with E-state index in [1.165, 1.54) is 10.9 Å². The Labute approximate surface area is 260 Å². The summed E-state index contributed by atoms with van der Waals surface area (Å²) in [7, 11) is 0. The second kappa shape index (κ2) is 10.9. The number of allylic oxidation sites excluding steroid dienone is 2. The van der Waals surface area contributed by atoms with Gasteiger partial charge in [0.1, 0.15) is 11.2 Å². The van der Waals surface area contributed by atoms with Crippen molar-refractivity contribution < 1.29 is 4.42 Å². The highest BCUT2D eigenvalue weighted by molar-refractivity contribution is 6.09. The molecule has 45 heavy (non-hydrogen) atoms. The molecule has 3 aromatic heterocycles. The Bertz CT molecular complexity index is 2340. The maximum absolute atomic E-state index is 6.68. The third-order valence-electron chi connectivity index (χ3n) is 8.25. The predicted octanol–water partition coefficient (Wildman–Crippen LogP) is 10.2. The van der Waals surface area contributed by atoms with Gasteiger partial charge in [0.15, 0.2) is 17.5 Å². The molecule has 0 atom stereocenters. The lowest BCUT2D eigenvalue weighted by Crippen LogP contribution is -2.00. The van der Waals surface area contributed by atoms with Crippen LogP contribution in [0.1, 0.15) is 11.3 Å². The van der Waals surface area contributed by atoms with E-state index in [0.717, 1.165) is 55.5 Å². The highest BCUT2D eigenvalue weighted by Crippen LogP contribution is 2.38. The summed E-state index contributed by atoms with van der Waals surface area (Å²) in [5.41, 5.74) is 8.70. The number of furan rings is 1. The monoisotopic (exact) mass is 580 g/mol. The standard InChI is InChI=1S/C40H28N4O/c1-3-4-21-34-26(2)30-18-11-12-22-35(30)44(34)29-23-24-31-32-19-13-20-33(37(32)45-36(31)25-29)40-42-38(27-14-7-5-8-15-27)41-39(43-40)28-16-9-6-10-17-28/h3-25H,1H2,2H3/b21-4-. The van der Waals surface area contributed by atoms with Gasteiger partial charge in [0.25, 0.3) is 0 Å². The average molecular weight is 581 g/mol. The SMILES string of the molecule is C=C/C=C\c1c(C)c2ccccc2n1-c1ccc2c(c1)oc1c(-c3nc(-c4ccccc4)nc(-c4ccccc4)n3)cccc12. The number of fused-ring (bicyclic) bond motifs is 4. The van der Waals surface area contributed by atoms with Crippen LogP contribution in [0.2, 0.25) is 0 Å². The molecule has 0 unspecified atom stereocenters. The molecule has 0 radical (unpaired) electrons. The van der Waals surface area contributed by atoms with Gasteiger partial charge < -0.3 is 8.98 Å². The van der Waals surface area contributed by atoms with Crippen molar-refractivity contribution in [2.45, 2.75) is 6.92 Å². The highest BCUT2D eigenvalue weighted by atomic mass is 16.3. The van der Waals surface area contributed by atoms with Crippen LogP contribution in [0, 0.1) is 6.92 Å². The van der Waals surface area contributed by atoms with Gasteiger partial charge in [-0.15, -0.1) is 0 Å². The molecule has 0 saturated heterocycles. The zero-order chi connectivity index (χ0) is 30.3. The summed E-state index contributed by atoms with van der Waals surface area (Å²) in [6.07, 6.45) is 5.89. The van der Waals surface area contributed by atoms with Crippen LogP contribution >= 0.6 is 0 Å². The summed E-state index contributed by atoms with van der Waals surface area (Å²) in [6.45, 7) is 6.04. The van der Waals surface area contributed by atoms with Crippen molar-refractivity contribution in [2.75, 3.05) is 0 Å². The van der Waals surface area contributed by atoms with E-state index in [2.05, 4.69) is 72.7 Å². The molecule has 5 nitrogen and oxygen atoms in total. The summed E-state index contributed by atoms with van der Waals surface area (Å²) in [5.74, 6) is 1.80. The van der Waals surface area contributed by atoms with Crippen molar-refractivity contribution in [3.63, 3.8) is 0 Å². The molecule has 3 heterocycles. The first-order valence-corrected chi connectivity index (χ1v) is 14.9. The fourth-order valence-corrected chi connectivity index (χ4v) is 6.09. The van der Waals surface area contributed by atoms with Crippen molar-refractivity contribution in [1.29, 1.82) is 0 Å². The maximum Gasteiger partial charge on any atom is 0.167 e. The Balaban J connectivity index is 1.33. The molecule has 0 spiro atoms. The Morgan fingerprint density at radius 1 is 0.644 bits per heavy atom. The third-order valence-corrected chi connectivity index (χ3v) is 8.25. The number of aromatic nitrogens is 4. The summed E-state index contributed by atoms with van der Waals surface area (Å²) < 4.78 is 8.96. The maximum atomic E-state index is 6.68. The minimum Gasteiger partial charge on any atom is -0.455 e. The number of hydrogen-bond acceptors (Lipinski definition) is 4.